The van der Waals surface area contributed by atoms with Crippen LogP contribution in [0, 0.1) is 0 Å². The maximum atomic E-state index is 5.44. The summed E-state index contributed by atoms with van der Waals surface area (Å²) < 4.78 is 0. The van der Waals surface area contributed by atoms with E-state index in [-0.39, 0.29) is 0 Å². The first-order chi connectivity index (χ1) is 5.36. The van der Waals surface area contributed by atoms with Gasteiger partial charge in [0.05, 0.1) is 0 Å². The minimum atomic E-state index is 1.18. The minimum Gasteiger partial charge on any atom is -0.303 e. The molecule has 0 saturated carbocycles. The number of likely N-dealkylation sites (tertiary alicyclic amines) is 1. The molecule has 0 amide bonds. The van der Waals surface area contributed by atoms with E-state index in [4.69, 9.17) is 7.85 Å². The fourth-order valence-electron chi connectivity index (χ4n) is 1.55. The first kappa shape index (κ1) is 8.86. The lowest BCUT2D eigenvalue weighted by Gasteiger charge is -2.27. The summed E-state index contributed by atoms with van der Waals surface area (Å²) >= 11 is 0. The quantitative estimate of drug-likeness (QED) is 0.538. The molecule has 1 saturated heterocycles. The van der Waals surface area contributed by atoms with Crippen LogP contribution in [-0.2, 0) is 0 Å². The Morgan fingerprint density at radius 1 is 1.45 bits per heavy atom. The van der Waals surface area contributed by atoms with Gasteiger partial charge < -0.3 is 4.90 Å². The van der Waals surface area contributed by atoms with E-state index < -0.39 is 0 Å². The standard InChI is InChI=1S/C9H16BN/c1-2-5-11-6-3-9(8-10)4-7-11/h8H,2-7H2,1H3. The molecular formula is C9H16BN. The SMILES string of the molecule is [B]C=C1CCN(CCC)CC1. The molecule has 0 aromatic carbocycles. The molecule has 2 heteroatoms. The second-order valence-corrected chi connectivity index (χ2v) is 3.17. The van der Waals surface area contributed by atoms with Crippen LogP contribution in [0.3, 0.4) is 0 Å². The van der Waals surface area contributed by atoms with Crippen LogP contribution in [0.25, 0.3) is 0 Å². The van der Waals surface area contributed by atoms with Gasteiger partial charge in [0, 0.05) is 13.1 Å². The molecule has 1 fully saturated rings. The van der Waals surface area contributed by atoms with Gasteiger partial charge in [-0.25, -0.2) is 0 Å². The lowest BCUT2D eigenvalue weighted by molar-refractivity contribution is 0.257. The molecule has 0 spiro atoms. The van der Waals surface area contributed by atoms with E-state index in [1.54, 1.807) is 5.98 Å². The Balaban J connectivity index is 2.24. The van der Waals surface area contributed by atoms with Gasteiger partial charge in [-0.3, -0.25) is 0 Å². The number of rotatable bonds is 2. The lowest BCUT2D eigenvalue weighted by atomic mass is 9.96. The predicted molar refractivity (Wildman–Crippen MR) is 49.8 cm³/mol. The Morgan fingerprint density at radius 2 is 2.09 bits per heavy atom. The van der Waals surface area contributed by atoms with Gasteiger partial charge in [-0.2, -0.15) is 0 Å². The highest BCUT2D eigenvalue weighted by Crippen LogP contribution is 2.14. The van der Waals surface area contributed by atoms with Crippen LogP contribution < -0.4 is 0 Å². The monoisotopic (exact) mass is 149 g/mol. The van der Waals surface area contributed by atoms with E-state index >= 15 is 0 Å². The van der Waals surface area contributed by atoms with Gasteiger partial charge in [-0.05, 0) is 25.8 Å². The highest BCUT2D eigenvalue weighted by Gasteiger charge is 2.10. The van der Waals surface area contributed by atoms with E-state index in [1.807, 2.05) is 0 Å². The first-order valence-electron chi connectivity index (χ1n) is 4.48. The summed E-state index contributed by atoms with van der Waals surface area (Å²) in [5, 5.41) is 0. The molecular weight excluding hydrogens is 133 g/mol. The fourth-order valence-corrected chi connectivity index (χ4v) is 1.55. The number of nitrogens with zero attached hydrogens (tertiary/aromatic N) is 1. The Kier molecular flexibility index (Phi) is 3.71. The zero-order valence-corrected chi connectivity index (χ0v) is 7.34. The summed E-state index contributed by atoms with van der Waals surface area (Å²) in [6.07, 6.45) is 3.62. The normalized spacial score (nSPS) is 20.3. The van der Waals surface area contributed by atoms with Gasteiger partial charge in [0.1, 0.15) is 7.85 Å². The van der Waals surface area contributed by atoms with Crippen molar-refractivity contribution in [1.29, 1.82) is 0 Å². The van der Waals surface area contributed by atoms with Gasteiger partial charge >= 0.3 is 0 Å². The Hall–Kier alpha value is -0.235. The van der Waals surface area contributed by atoms with E-state index in [2.05, 4.69) is 11.8 Å². The van der Waals surface area contributed by atoms with Crippen LogP contribution in [-0.4, -0.2) is 32.4 Å². The Bertz CT molecular complexity index is 132. The second kappa shape index (κ2) is 4.60. The van der Waals surface area contributed by atoms with Gasteiger partial charge in [0.15, 0.2) is 0 Å². The average Bonchev–Trinajstić information content (AvgIpc) is 2.07. The van der Waals surface area contributed by atoms with Crippen LogP contribution in [0.1, 0.15) is 26.2 Å². The van der Waals surface area contributed by atoms with Crippen molar-refractivity contribution in [2.75, 3.05) is 19.6 Å². The van der Waals surface area contributed by atoms with Crippen molar-refractivity contribution in [3.05, 3.63) is 11.5 Å². The fraction of sp³-hybridized carbons (Fsp3) is 0.778. The van der Waals surface area contributed by atoms with E-state index in [0.29, 0.717) is 0 Å². The van der Waals surface area contributed by atoms with Gasteiger partial charge in [0.25, 0.3) is 0 Å². The average molecular weight is 149 g/mol. The predicted octanol–water partition coefficient (Wildman–Crippen LogP) is 1.54. The van der Waals surface area contributed by atoms with E-state index in [9.17, 15) is 0 Å². The molecule has 60 valence electrons. The van der Waals surface area contributed by atoms with Crippen LogP contribution in [0.5, 0.6) is 0 Å². The number of piperidine rings is 1. The van der Waals surface area contributed by atoms with Crippen molar-refractivity contribution in [3.63, 3.8) is 0 Å². The molecule has 1 aliphatic heterocycles. The number of hydrogen-bond acceptors (Lipinski definition) is 1. The third-order valence-corrected chi connectivity index (χ3v) is 2.27. The first-order valence-corrected chi connectivity index (χ1v) is 4.48. The molecule has 2 radical (unpaired) electrons. The highest BCUT2D eigenvalue weighted by atomic mass is 15.1. The molecule has 0 bridgehead atoms. The van der Waals surface area contributed by atoms with Gasteiger partial charge in [-0.1, -0.05) is 12.5 Å². The summed E-state index contributed by atoms with van der Waals surface area (Å²) in [5.41, 5.74) is 1.43. The van der Waals surface area contributed by atoms with Crippen molar-refractivity contribution in [2.24, 2.45) is 0 Å². The maximum absolute atomic E-state index is 5.44. The molecule has 0 unspecified atom stereocenters. The Morgan fingerprint density at radius 3 is 2.55 bits per heavy atom. The molecule has 1 heterocycles. The van der Waals surface area contributed by atoms with E-state index in [0.717, 1.165) is 0 Å². The van der Waals surface area contributed by atoms with Gasteiger partial charge in [0.2, 0.25) is 0 Å². The molecule has 0 aromatic rings. The van der Waals surface area contributed by atoms with Crippen molar-refractivity contribution in [2.45, 2.75) is 26.2 Å². The van der Waals surface area contributed by atoms with Crippen molar-refractivity contribution < 1.29 is 0 Å². The van der Waals surface area contributed by atoms with Crippen LogP contribution in [0.15, 0.2) is 11.5 Å². The van der Waals surface area contributed by atoms with Crippen molar-refractivity contribution >= 4 is 7.85 Å². The summed E-state index contributed by atoms with van der Waals surface area (Å²) in [5.74, 6) is 1.78. The molecule has 11 heavy (non-hydrogen) atoms. The molecule has 1 aliphatic rings. The second-order valence-electron chi connectivity index (χ2n) is 3.17. The van der Waals surface area contributed by atoms with Gasteiger partial charge in [-0.15, -0.1) is 5.98 Å². The topological polar surface area (TPSA) is 3.24 Å². The molecule has 0 N–H and O–H groups in total. The lowest BCUT2D eigenvalue weighted by Crippen LogP contribution is -2.31. The molecule has 1 rings (SSSR count). The van der Waals surface area contributed by atoms with E-state index in [1.165, 1.54) is 44.5 Å². The Labute approximate surface area is 70.9 Å². The van der Waals surface area contributed by atoms with Crippen molar-refractivity contribution in [1.82, 2.24) is 4.90 Å². The molecule has 0 aromatic heterocycles. The smallest absolute Gasteiger partial charge is 0.102 e. The summed E-state index contributed by atoms with van der Waals surface area (Å²) in [6.45, 7) is 5.89. The number of hydrogen-bond donors (Lipinski definition) is 0. The van der Waals surface area contributed by atoms with Crippen LogP contribution >= 0.6 is 0 Å². The van der Waals surface area contributed by atoms with Crippen LogP contribution in [0.4, 0.5) is 0 Å². The molecule has 1 nitrogen and oxygen atoms in total. The molecule has 0 aliphatic carbocycles. The van der Waals surface area contributed by atoms with Crippen molar-refractivity contribution in [3.8, 4) is 0 Å². The third-order valence-electron chi connectivity index (χ3n) is 2.27. The summed E-state index contributed by atoms with van der Waals surface area (Å²) in [7, 11) is 5.44. The highest BCUT2D eigenvalue weighted by molar-refractivity contribution is 6.17. The largest absolute Gasteiger partial charge is 0.303 e. The summed E-state index contributed by atoms with van der Waals surface area (Å²) in [6, 6.07) is 0. The minimum absolute atomic E-state index is 1.18. The van der Waals surface area contributed by atoms with Crippen LogP contribution in [0.2, 0.25) is 0 Å². The maximum Gasteiger partial charge on any atom is 0.102 e. The molecule has 0 atom stereocenters. The third kappa shape index (κ3) is 2.70. The zero-order chi connectivity index (χ0) is 8.10. The zero-order valence-electron chi connectivity index (χ0n) is 7.34. The summed E-state index contributed by atoms with van der Waals surface area (Å²) in [4.78, 5) is 2.51.